The summed E-state index contributed by atoms with van der Waals surface area (Å²) < 4.78 is 1.82. The number of amides is 2. The molecule has 1 fully saturated rings. The minimum Gasteiger partial charge on any atom is -0.343 e. The van der Waals surface area contributed by atoms with Gasteiger partial charge in [-0.05, 0) is 12.5 Å². The van der Waals surface area contributed by atoms with Crippen molar-refractivity contribution in [2.75, 3.05) is 38.5 Å². The first-order chi connectivity index (χ1) is 12.0. The minimum atomic E-state index is -0.135. The van der Waals surface area contributed by atoms with Crippen LogP contribution in [0.5, 0.6) is 0 Å². The minimum absolute atomic E-state index is 0.0450. The van der Waals surface area contributed by atoms with Crippen molar-refractivity contribution in [1.82, 2.24) is 19.6 Å². The Hall–Kier alpha value is -2.67. The molecule has 3 rings (SSSR count). The lowest BCUT2D eigenvalue weighted by atomic mass is 10.1. The van der Waals surface area contributed by atoms with Gasteiger partial charge in [0, 0.05) is 26.3 Å². The van der Waals surface area contributed by atoms with Crippen LogP contribution in [0.4, 0.5) is 5.69 Å². The van der Waals surface area contributed by atoms with E-state index in [1.54, 1.807) is 18.1 Å². The number of carbonyl (C=O) groups is 2. The summed E-state index contributed by atoms with van der Waals surface area (Å²) in [5.41, 5.74) is 1.81. The molecule has 2 heterocycles. The SMILES string of the molecule is C[C@@H](c1ccccc1)n1cc(NC(=O)CN2CCN(C)C(=O)C2)cn1. The number of nitrogens with zero attached hydrogens (tertiary/aromatic N) is 4. The zero-order valence-corrected chi connectivity index (χ0v) is 14.6. The topological polar surface area (TPSA) is 70.5 Å². The zero-order chi connectivity index (χ0) is 17.8. The predicted octanol–water partition coefficient (Wildman–Crippen LogP) is 1.20. The average molecular weight is 341 g/mol. The van der Waals surface area contributed by atoms with E-state index >= 15 is 0 Å². The number of anilines is 1. The molecule has 1 aliphatic rings. The lowest BCUT2D eigenvalue weighted by molar-refractivity contribution is -0.135. The molecular formula is C18H23N5O2. The third-order valence-corrected chi connectivity index (χ3v) is 4.47. The van der Waals surface area contributed by atoms with E-state index in [1.165, 1.54) is 0 Å². The van der Waals surface area contributed by atoms with Crippen LogP contribution < -0.4 is 5.32 Å². The highest BCUT2D eigenvalue weighted by Crippen LogP contribution is 2.18. The van der Waals surface area contributed by atoms with Gasteiger partial charge in [-0.1, -0.05) is 30.3 Å². The van der Waals surface area contributed by atoms with E-state index in [0.29, 0.717) is 18.8 Å². The largest absolute Gasteiger partial charge is 0.343 e. The fourth-order valence-electron chi connectivity index (χ4n) is 2.84. The van der Waals surface area contributed by atoms with Crippen molar-refractivity contribution in [1.29, 1.82) is 0 Å². The van der Waals surface area contributed by atoms with Crippen molar-refractivity contribution in [3.8, 4) is 0 Å². The van der Waals surface area contributed by atoms with Gasteiger partial charge >= 0.3 is 0 Å². The molecule has 1 N–H and O–H groups in total. The monoisotopic (exact) mass is 341 g/mol. The van der Waals surface area contributed by atoms with Gasteiger partial charge in [0.05, 0.1) is 31.0 Å². The maximum absolute atomic E-state index is 12.2. The van der Waals surface area contributed by atoms with Crippen LogP contribution in [0.3, 0.4) is 0 Å². The van der Waals surface area contributed by atoms with E-state index in [4.69, 9.17) is 0 Å². The van der Waals surface area contributed by atoms with E-state index in [-0.39, 0.29) is 30.9 Å². The van der Waals surface area contributed by atoms with E-state index in [9.17, 15) is 9.59 Å². The molecule has 1 atom stereocenters. The van der Waals surface area contributed by atoms with Gasteiger partial charge in [-0.2, -0.15) is 5.10 Å². The third kappa shape index (κ3) is 4.24. The number of nitrogens with one attached hydrogen (secondary N) is 1. The Morgan fingerprint density at radius 2 is 2.04 bits per heavy atom. The van der Waals surface area contributed by atoms with Crippen LogP contribution in [-0.4, -0.2) is 64.6 Å². The third-order valence-electron chi connectivity index (χ3n) is 4.47. The summed E-state index contributed by atoms with van der Waals surface area (Å²) in [6.07, 6.45) is 3.47. The summed E-state index contributed by atoms with van der Waals surface area (Å²) in [6.45, 7) is 3.91. The molecular weight excluding hydrogens is 318 g/mol. The Kier molecular flexibility index (Phi) is 5.14. The number of carbonyl (C=O) groups excluding carboxylic acids is 2. The van der Waals surface area contributed by atoms with E-state index in [2.05, 4.69) is 29.5 Å². The quantitative estimate of drug-likeness (QED) is 0.887. The molecule has 1 aromatic carbocycles. The maximum Gasteiger partial charge on any atom is 0.238 e. The predicted molar refractivity (Wildman–Crippen MR) is 95.2 cm³/mol. The van der Waals surface area contributed by atoms with Crippen LogP contribution in [0.25, 0.3) is 0 Å². The van der Waals surface area contributed by atoms with Gasteiger partial charge in [-0.3, -0.25) is 19.2 Å². The van der Waals surface area contributed by atoms with Gasteiger partial charge in [-0.15, -0.1) is 0 Å². The van der Waals surface area contributed by atoms with Gasteiger partial charge in [0.2, 0.25) is 11.8 Å². The Morgan fingerprint density at radius 1 is 1.28 bits per heavy atom. The second-order valence-electron chi connectivity index (χ2n) is 6.37. The fraction of sp³-hybridized carbons (Fsp3) is 0.389. The molecule has 7 nitrogen and oxygen atoms in total. The molecule has 0 aliphatic carbocycles. The van der Waals surface area contributed by atoms with Gasteiger partial charge in [0.15, 0.2) is 0 Å². The van der Waals surface area contributed by atoms with Gasteiger partial charge < -0.3 is 10.2 Å². The second-order valence-corrected chi connectivity index (χ2v) is 6.37. The summed E-state index contributed by atoms with van der Waals surface area (Å²) in [7, 11) is 1.78. The van der Waals surface area contributed by atoms with Gasteiger partial charge in [-0.25, -0.2) is 0 Å². The second kappa shape index (κ2) is 7.48. The molecule has 0 saturated carbocycles. The first-order valence-corrected chi connectivity index (χ1v) is 8.38. The number of aromatic nitrogens is 2. The summed E-state index contributed by atoms with van der Waals surface area (Å²) >= 11 is 0. The van der Waals surface area contributed by atoms with Gasteiger partial charge in [0.1, 0.15) is 0 Å². The molecule has 2 aromatic rings. The molecule has 0 radical (unpaired) electrons. The molecule has 1 saturated heterocycles. The molecule has 0 bridgehead atoms. The van der Waals surface area contributed by atoms with Crippen LogP contribution in [0, 0.1) is 0 Å². The zero-order valence-electron chi connectivity index (χ0n) is 14.6. The number of piperazine rings is 1. The van der Waals surface area contributed by atoms with Crippen molar-refractivity contribution in [3.63, 3.8) is 0 Å². The molecule has 0 spiro atoms. The Bertz CT molecular complexity index is 743. The first kappa shape index (κ1) is 17.2. The molecule has 25 heavy (non-hydrogen) atoms. The summed E-state index contributed by atoms with van der Waals surface area (Å²) in [5, 5.41) is 7.20. The van der Waals surface area contributed by atoms with Crippen molar-refractivity contribution in [3.05, 3.63) is 48.3 Å². The van der Waals surface area contributed by atoms with Gasteiger partial charge in [0.25, 0.3) is 0 Å². The first-order valence-electron chi connectivity index (χ1n) is 8.38. The Balaban J connectivity index is 1.56. The molecule has 2 amide bonds. The van der Waals surface area contributed by atoms with Crippen molar-refractivity contribution < 1.29 is 9.59 Å². The number of hydrogen-bond acceptors (Lipinski definition) is 4. The summed E-state index contributed by atoms with van der Waals surface area (Å²) in [4.78, 5) is 27.4. The molecule has 1 aromatic heterocycles. The highest BCUT2D eigenvalue weighted by molar-refractivity contribution is 5.92. The van der Waals surface area contributed by atoms with Crippen molar-refractivity contribution in [2.24, 2.45) is 0 Å². The van der Waals surface area contributed by atoms with Crippen LogP contribution in [0.15, 0.2) is 42.7 Å². The standard InChI is InChI=1S/C18H23N5O2/c1-14(15-6-4-3-5-7-15)23-11-16(10-19-23)20-17(24)12-22-9-8-21(2)18(25)13-22/h3-7,10-11,14H,8-9,12-13H2,1-2H3,(H,20,24)/t14-/m0/s1. The normalized spacial score (nSPS) is 16.7. The number of hydrogen-bond donors (Lipinski definition) is 1. The molecule has 132 valence electrons. The van der Waals surface area contributed by atoms with Crippen molar-refractivity contribution >= 4 is 17.5 Å². The summed E-state index contributed by atoms with van der Waals surface area (Å²) in [6, 6.07) is 10.2. The highest BCUT2D eigenvalue weighted by Gasteiger charge is 2.22. The molecule has 0 unspecified atom stereocenters. The van der Waals surface area contributed by atoms with Crippen LogP contribution in [0.1, 0.15) is 18.5 Å². The highest BCUT2D eigenvalue weighted by atomic mass is 16.2. The average Bonchev–Trinajstić information content (AvgIpc) is 3.06. The molecule has 1 aliphatic heterocycles. The van der Waals surface area contributed by atoms with E-state index in [0.717, 1.165) is 5.56 Å². The Morgan fingerprint density at radius 3 is 2.76 bits per heavy atom. The fourth-order valence-corrected chi connectivity index (χ4v) is 2.84. The number of likely N-dealkylation sites (N-methyl/N-ethyl adjacent to an activating group) is 1. The van der Waals surface area contributed by atoms with Crippen LogP contribution in [0.2, 0.25) is 0 Å². The number of rotatable bonds is 5. The Labute approximate surface area is 147 Å². The lowest BCUT2D eigenvalue weighted by Gasteiger charge is -2.31. The van der Waals surface area contributed by atoms with Crippen molar-refractivity contribution in [2.45, 2.75) is 13.0 Å². The van der Waals surface area contributed by atoms with E-state index in [1.807, 2.05) is 34.0 Å². The molecule has 7 heteroatoms. The lowest BCUT2D eigenvalue weighted by Crippen LogP contribution is -2.50. The smallest absolute Gasteiger partial charge is 0.238 e. The van der Waals surface area contributed by atoms with E-state index < -0.39 is 0 Å². The summed E-state index contributed by atoms with van der Waals surface area (Å²) in [5.74, 6) is -0.0900. The number of benzene rings is 1. The van der Waals surface area contributed by atoms with Crippen LogP contribution in [-0.2, 0) is 9.59 Å². The maximum atomic E-state index is 12.2. The van der Waals surface area contributed by atoms with Crippen LogP contribution >= 0.6 is 0 Å².